The fraction of sp³-hybridized carbons (Fsp3) is 0.286. The van der Waals surface area contributed by atoms with Crippen molar-refractivity contribution in [3.8, 4) is 5.75 Å². The number of hydrogen-bond donors (Lipinski definition) is 1. The molecule has 0 saturated heterocycles. The van der Waals surface area contributed by atoms with Crippen LogP contribution in [0.4, 0.5) is 23.2 Å². The standard InChI is InChI=1S/C21H19ClF4N4O2S/c1-3-30-19(12(2)32-17-9-8-13(23)10-15(17)22)28-29-20(30)33-11-18(31)27-16-7-5-4-6-14(16)21(24,25)26/h4-10,12H,3,11H2,1-2H3,(H,27,31). The van der Waals surface area contributed by atoms with Gasteiger partial charge in [-0.2, -0.15) is 13.2 Å². The van der Waals surface area contributed by atoms with Crippen LogP contribution in [0.15, 0.2) is 47.6 Å². The molecule has 3 rings (SSSR count). The fourth-order valence-corrected chi connectivity index (χ4v) is 4.00. The van der Waals surface area contributed by atoms with Crippen LogP contribution in [0, 0.1) is 5.82 Å². The first-order valence-corrected chi connectivity index (χ1v) is 11.1. The Bertz CT molecular complexity index is 1140. The summed E-state index contributed by atoms with van der Waals surface area (Å²) in [4.78, 5) is 12.3. The first-order chi connectivity index (χ1) is 15.6. The van der Waals surface area contributed by atoms with E-state index in [1.165, 1.54) is 30.3 Å². The number of nitrogens with one attached hydrogen (secondary N) is 1. The van der Waals surface area contributed by atoms with Crippen molar-refractivity contribution >= 4 is 35.0 Å². The van der Waals surface area contributed by atoms with Gasteiger partial charge in [0.25, 0.3) is 0 Å². The van der Waals surface area contributed by atoms with E-state index in [-0.39, 0.29) is 22.2 Å². The van der Waals surface area contributed by atoms with Crippen LogP contribution in [0.25, 0.3) is 0 Å². The average Bonchev–Trinajstić information content (AvgIpc) is 3.17. The molecule has 1 heterocycles. The lowest BCUT2D eigenvalue weighted by Gasteiger charge is -2.16. The summed E-state index contributed by atoms with van der Waals surface area (Å²) in [5.74, 6) is -0.571. The maximum absolute atomic E-state index is 13.2. The molecule has 0 fully saturated rings. The maximum Gasteiger partial charge on any atom is 0.418 e. The number of alkyl halides is 3. The summed E-state index contributed by atoms with van der Waals surface area (Å²) < 4.78 is 60.1. The Balaban J connectivity index is 1.67. The fourth-order valence-electron chi connectivity index (χ4n) is 2.97. The van der Waals surface area contributed by atoms with E-state index in [1.54, 1.807) is 11.5 Å². The number of benzene rings is 2. The molecule has 176 valence electrons. The summed E-state index contributed by atoms with van der Waals surface area (Å²) in [5.41, 5.74) is -1.24. The first kappa shape index (κ1) is 24.8. The Labute approximate surface area is 196 Å². The van der Waals surface area contributed by atoms with Crippen LogP contribution in [0.1, 0.15) is 31.3 Å². The Hall–Kier alpha value is -2.79. The second-order valence-electron chi connectivity index (χ2n) is 6.80. The predicted octanol–water partition coefficient (Wildman–Crippen LogP) is 5.98. The number of anilines is 1. The minimum Gasteiger partial charge on any atom is -0.481 e. The van der Waals surface area contributed by atoms with E-state index in [0.29, 0.717) is 17.5 Å². The topological polar surface area (TPSA) is 69.0 Å². The van der Waals surface area contributed by atoms with Crippen molar-refractivity contribution < 1.29 is 27.1 Å². The Morgan fingerprint density at radius 3 is 2.64 bits per heavy atom. The molecule has 0 aliphatic rings. The normalized spacial score (nSPS) is 12.5. The molecule has 0 bridgehead atoms. The van der Waals surface area contributed by atoms with Crippen LogP contribution in [-0.4, -0.2) is 26.4 Å². The Kier molecular flexibility index (Phi) is 7.85. The van der Waals surface area contributed by atoms with Crippen molar-refractivity contribution in [3.63, 3.8) is 0 Å². The van der Waals surface area contributed by atoms with Gasteiger partial charge in [0.1, 0.15) is 11.6 Å². The number of ether oxygens (including phenoxy) is 1. The summed E-state index contributed by atoms with van der Waals surface area (Å²) in [6, 6.07) is 8.50. The number of para-hydroxylation sites is 1. The molecule has 1 N–H and O–H groups in total. The number of rotatable bonds is 8. The van der Waals surface area contributed by atoms with Gasteiger partial charge in [-0.1, -0.05) is 35.5 Å². The summed E-state index contributed by atoms with van der Waals surface area (Å²) in [5, 5.41) is 11.0. The van der Waals surface area contributed by atoms with Crippen molar-refractivity contribution in [3.05, 3.63) is 64.7 Å². The molecular formula is C21H19ClF4N4O2S. The molecule has 0 radical (unpaired) electrons. The first-order valence-electron chi connectivity index (χ1n) is 9.73. The summed E-state index contributed by atoms with van der Waals surface area (Å²) in [7, 11) is 0. The third-order valence-corrected chi connectivity index (χ3v) is 5.72. The summed E-state index contributed by atoms with van der Waals surface area (Å²) in [6.45, 7) is 4.01. The zero-order valence-corrected chi connectivity index (χ0v) is 19.1. The third kappa shape index (κ3) is 6.17. The molecule has 0 aliphatic carbocycles. The van der Waals surface area contributed by atoms with Crippen LogP contribution in [-0.2, 0) is 17.5 Å². The number of thioether (sulfide) groups is 1. The van der Waals surface area contributed by atoms with Gasteiger partial charge >= 0.3 is 6.18 Å². The minimum absolute atomic E-state index is 0.106. The quantitative estimate of drug-likeness (QED) is 0.303. The second-order valence-corrected chi connectivity index (χ2v) is 8.15. The van der Waals surface area contributed by atoms with Gasteiger partial charge in [0.15, 0.2) is 17.1 Å². The summed E-state index contributed by atoms with van der Waals surface area (Å²) in [6.07, 6.45) is -5.18. The predicted molar refractivity (Wildman–Crippen MR) is 117 cm³/mol. The van der Waals surface area contributed by atoms with Crippen LogP contribution in [0.2, 0.25) is 5.02 Å². The number of halogens is 5. The SMILES string of the molecule is CCn1c(SCC(=O)Nc2ccccc2C(F)(F)F)nnc1C(C)Oc1ccc(F)cc1Cl. The third-order valence-electron chi connectivity index (χ3n) is 4.46. The van der Waals surface area contributed by atoms with E-state index in [4.69, 9.17) is 16.3 Å². The molecule has 33 heavy (non-hydrogen) atoms. The van der Waals surface area contributed by atoms with Crippen molar-refractivity contribution in [1.82, 2.24) is 14.8 Å². The van der Waals surface area contributed by atoms with Crippen LogP contribution >= 0.6 is 23.4 Å². The second kappa shape index (κ2) is 10.4. The van der Waals surface area contributed by atoms with Gasteiger partial charge in [0.05, 0.1) is 22.0 Å². The van der Waals surface area contributed by atoms with Gasteiger partial charge < -0.3 is 14.6 Å². The van der Waals surface area contributed by atoms with E-state index >= 15 is 0 Å². The zero-order valence-electron chi connectivity index (χ0n) is 17.5. The lowest BCUT2D eigenvalue weighted by atomic mass is 10.1. The molecular weight excluding hydrogens is 484 g/mol. The van der Waals surface area contributed by atoms with Gasteiger partial charge in [-0.25, -0.2) is 4.39 Å². The zero-order chi connectivity index (χ0) is 24.2. The van der Waals surface area contributed by atoms with E-state index in [9.17, 15) is 22.4 Å². The molecule has 2 aromatic carbocycles. The molecule has 0 saturated carbocycles. The number of nitrogens with zero attached hydrogens (tertiary/aromatic N) is 3. The minimum atomic E-state index is -4.59. The highest BCUT2D eigenvalue weighted by molar-refractivity contribution is 7.99. The van der Waals surface area contributed by atoms with Gasteiger partial charge in [-0.3, -0.25) is 4.79 Å². The van der Waals surface area contributed by atoms with E-state index in [2.05, 4.69) is 15.5 Å². The van der Waals surface area contributed by atoms with Crippen molar-refractivity contribution in [2.45, 2.75) is 37.8 Å². The van der Waals surface area contributed by atoms with Gasteiger partial charge in [-0.15, -0.1) is 10.2 Å². The molecule has 0 spiro atoms. The van der Waals surface area contributed by atoms with Crippen LogP contribution in [0.5, 0.6) is 5.75 Å². The average molecular weight is 503 g/mol. The number of carbonyl (C=O) groups is 1. The van der Waals surface area contributed by atoms with E-state index < -0.39 is 29.6 Å². The van der Waals surface area contributed by atoms with E-state index in [0.717, 1.165) is 23.9 Å². The molecule has 1 amide bonds. The molecule has 1 unspecified atom stereocenters. The maximum atomic E-state index is 13.2. The number of amides is 1. The smallest absolute Gasteiger partial charge is 0.418 e. The summed E-state index contributed by atoms with van der Waals surface area (Å²) >= 11 is 7.03. The van der Waals surface area contributed by atoms with Crippen LogP contribution in [0.3, 0.4) is 0 Å². The highest BCUT2D eigenvalue weighted by Crippen LogP contribution is 2.35. The monoisotopic (exact) mass is 502 g/mol. The molecule has 1 atom stereocenters. The Morgan fingerprint density at radius 2 is 1.97 bits per heavy atom. The molecule has 0 aliphatic heterocycles. The lowest BCUT2D eigenvalue weighted by Crippen LogP contribution is -2.18. The van der Waals surface area contributed by atoms with Crippen molar-refractivity contribution in [2.24, 2.45) is 0 Å². The van der Waals surface area contributed by atoms with Gasteiger partial charge in [-0.05, 0) is 44.2 Å². The molecule has 6 nitrogen and oxygen atoms in total. The number of carbonyl (C=O) groups excluding carboxylic acids is 1. The lowest BCUT2D eigenvalue weighted by molar-refractivity contribution is -0.137. The largest absolute Gasteiger partial charge is 0.481 e. The number of hydrogen-bond acceptors (Lipinski definition) is 5. The van der Waals surface area contributed by atoms with Gasteiger partial charge in [0.2, 0.25) is 5.91 Å². The van der Waals surface area contributed by atoms with Crippen LogP contribution < -0.4 is 10.1 Å². The van der Waals surface area contributed by atoms with Gasteiger partial charge in [0, 0.05) is 6.54 Å². The van der Waals surface area contributed by atoms with Crippen molar-refractivity contribution in [2.75, 3.05) is 11.1 Å². The van der Waals surface area contributed by atoms with E-state index in [1.807, 2.05) is 6.92 Å². The number of aromatic nitrogens is 3. The molecule has 3 aromatic rings. The highest BCUT2D eigenvalue weighted by atomic mass is 35.5. The Morgan fingerprint density at radius 1 is 1.24 bits per heavy atom. The molecule has 12 heteroatoms. The molecule has 1 aromatic heterocycles. The van der Waals surface area contributed by atoms with Crippen molar-refractivity contribution in [1.29, 1.82) is 0 Å². The highest BCUT2D eigenvalue weighted by Gasteiger charge is 2.33.